The second-order valence-electron chi connectivity index (χ2n) is 4.09. The standard InChI is InChI=1S/C13H12F2N4/c14-13(15,7-17)8-19-12-9(5-16)6-18-11-4-2-1-3-10(11)12/h1-4,6H,7-8,17H2,(H,18,19). The summed E-state index contributed by atoms with van der Waals surface area (Å²) in [5, 5.41) is 12.3. The summed E-state index contributed by atoms with van der Waals surface area (Å²) in [6, 6.07) is 8.97. The molecule has 4 nitrogen and oxygen atoms in total. The smallest absolute Gasteiger partial charge is 0.276 e. The van der Waals surface area contributed by atoms with E-state index in [9.17, 15) is 8.78 Å². The summed E-state index contributed by atoms with van der Waals surface area (Å²) < 4.78 is 26.4. The molecule has 98 valence electrons. The van der Waals surface area contributed by atoms with Crippen molar-refractivity contribution in [3.63, 3.8) is 0 Å². The molecular weight excluding hydrogens is 250 g/mol. The molecule has 3 N–H and O–H groups in total. The van der Waals surface area contributed by atoms with E-state index in [1.54, 1.807) is 24.3 Å². The van der Waals surface area contributed by atoms with Gasteiger partial charge in [-0.1, -0.05) is 18.2 Å². The number of nitrogens with one attached hydrogen (secondary N) is 1. The Morgan fingerprint density at radius 3 is 2.79 bits per heavy atom. The molecular formula is C13H12F2N4. The van der Waals surface area contributed by atoms with Crippen LogP contribution in [-0.2, 0) is 0 Å². The molecule has 1 heterocycles. The number of halogens is 2. The van der Waals surface area contributed by atoms with Crippen LogP contribution < -0.4 is 11.1 Å². The van der Waals surface area contributed by atoms with Crippen LogP contribution in [0.2, 0.25) is 0 Å². The van der Waals surface area contributed by atoms with E-state index in [0.717, 1.165) is 0 Å². The Morgan fingerprint density at radius 1 is 1.37 bits per heavy atom. The first kappa shape index (κ1) is 13.2. The molecule has 0 radical (unpaired) electrons. The van der Waals surface area contributed by atoms with Gasteiger partial charge in [-0.05, 0) is 6.07 Å². The van der Waals surface area contributed by atoms with E-state index in [-0.39, 0.29) is 5.56 Å². The topological polar surface area (TPSA) is 74.7 Å². The van der Waals surface area contributed by atoms with Gasteiger partial charge in [-0.2, -0.15) is 5.26 Å². The summed E-state index contributed by atoms with van der Waals surface area (Å²) in [4.78, 5) is 4.10. The summed E-state index contributed by atoms with van der Waals surface area (Å²) in [6.07, 6.45) is 1.37. The maximum atomic E-state index is 13.2. The van der Waals surface area contributed by atoms with Crippen LogP contribution in [0.1, 0.15) is 5.56 Å². The summed E-state index contributed by atoms with van der Waals surface area (Å²) in [6.45, 7) is -1.36. The quantitative estimate of drug-likeness (QED) is 0.885. The van der Waals surface area contributed by atoms with Gasteiger partial charge in [0.2, 0.25) is 0 Å². The molecule has 2 aromatic rings. The molecule has 0 fully saturated rings. The van der Waals surface area contributed by atoms with Gasteiger partial charge in [0, 0.05) is 11.6 Å². The first-order valence-electron chi connectivity index (χ1n) is 5.67. The van der Waals surface area contributed by atoms with Crippen molar-refractivity contribution in [1.82, 2.24) is 4.98 Å². The Morgan fingerprint density at radius 2 is 2.11 bits per heavy atom. The molecule has 2 rings (SSSR count). The number of nitrogens with zero attached hydrogens (tertiary/aromatic N) is 2. The minimum absolute atomic E-state index is 0.228. The molecule has 0 saturated carbocycles. The van der Waals surface area contributed by atoms with Gasteiger partial charge in [0.05, 0.1) is 29.9 Å². The molecule has 0 saturated heterocycles. The number of benzene rings is 1. The number of anilines is 1. The Hall–Kier alpha value is -2.26. The number of hydrogen-bond acceptors (Lipinski definition) is 4. The number of pyridine rings is 1. The lowest BCUT2D eigenvalue weighted by molar-refractivity contribution is 0.0254. The Balaban J connectivity index is 2.43. The van der Waals surface area contributed by atoms with Crippen LogP contribution in [-0.4, -0.2) is 24.0 Å². The largest absolute Gasteiger partial charge is 0.377 e. The van der Waals surface area contributed by atoms with Crippen molar-refractivity contribution in [2.45, 2.75) is 5.92 Å². The van der Waals surface area contributed by atoms with Crippen LogP contribution in [0.4, 0.5) is 14.5 Å². The maximum Gasteiger partial charge on any atom is 0.276 e. The number of hydrogen-bond donors (Lipinski definition) is 2. The van der Waals surface area contributed by atoms with E-state index in [4.69, 9.17) is 11.0 Å². The predicted octanol–water partition coefficient (Wildman–Crippen LogP) is 2.11. The minimum Gasteiger partial charge on any atom is -0.377 e. The molecule has 0 aliphatic rings. The van der Waals surface area contributed by atoms with E-state index in [1.165, 1.54) is 6.20 Å². The molecule has 0 unspecified atom stereocenters. The number of rotatable bonds is 4. The number of nitrogens with two attached hydrogens (primary N) is 1. The van der Waals surface area contributed by atoms with Crippen LogP contribution in [0.3, 0.4) is 0 Å². The van der Waals surface area contributed by atoms with Crippen molar-refractivity contribution in [2.75, 3.05) is 18.4 Å². The van der Waals surface area contributed by atoms with Gasteiger partial charge < -0.3 is 11.1 Å². The molecule has 0 aliphatic carbocycles. The molecule has 1 aromatic heterocycles. The second kappa shape index (κ2) is 5.16. The predicted molar refractivity (Wildman–Crippen MR) is 68.9 cm³/mol. The lowest BCUT2D eigenvalue weighted by Gasteiger charge is -2.17. The highest BCUT2D eigenvalue weighted by Crippen LogP contribution is 2.26. The molecule has 0 atom stereocenters. The highest BCUT2D eigenvalue weighted by atomic mass is 19.3. The third kappa shape index (κ3) is 2.77. The summed E-state index contributed by atoms with van der Waals surface area (Å²) >= 11 is 0. The highest BCUT2D eigenvalue weighted by molar-refractivity contribution is 5.93. The fourth-order valence-corrected chi connectivity index (χ4v) is 1.71. The average molecular weight is 262 g/mol. The Bertz CT molecular complexity index is 634. The average Bonchev–Trinajstić information content (AvgIpc) is 2.44. The molecule has 19 heavy (non-hydrogen) atoms. The van der Waals surface area contributed by atoms with Gasteiger partial charge in [-0.15, -0.1) is 0 Å². The van der Waals surface area contributed by atoms with Crippen molar-refractivity contribution in [1.29, 1.82) is 5.26 Å². The van der Waals surface area contributed by atoms with Gasteiger partial charge >= 0.3 is 0 Å². The highest BCUT2D eigenvalue weighted by Gasteiger charge is 2.26. The summed E-state index contributed by atoms with van der Waals surface area (Å²) in [5.74, 6) is -3.02. The van der Waals surface area contributed by atoms with Crippen LogP contribution in [0.15, 0.2) is 30.5 Å². The number of aromatic nitrogens is 1. The number of alkyl halides is 2. The third-order valence-corrected chi connectivity index (χ3v) is 2.72. The Labute approximate surface area is 108 Å². The third-order valence-electron chi connectivity index (χ3n) is 2.72. The molecule has 1 aromatic carbocycles. The molecule has 0 aliphatic heterocycles. The van der Waals surface area contributed by atoms with Crippen molar-refractivity contribution in [3.8, 4) is 6.07 Å². The number of para-hydroxylation sites is 1. The van der Waals surface area contributed by atoms with Crippen molar-refractivity contribution >= 4 is 16.6 Å². The van der Waals surface area contributed by atoms with E-state index < -0.39 is 19.0 Å². The second-order valence-corrected chi connectivity index (χ2v) is 4.09. The molecule has 6 heteroatoms. The van der Waals surface area contributed by atoms with Gasteiger partial charge in [0.25, 0.3) is 5.92 Å². The fourth-order valence-electron chi connectivity index (χ4n) is 1.71. The molecule has 0 amide bonds. The van der Waals surface area contributed by atoms with Crippen molar-refractivity contribution < 1.29 is 8.78 Å². The minimum atomic E-state index is -3.02. The monoisotopic (exact) mass is 262 g/mol. The zero-order chi connectivity index (χ0) is 13.9. The fraction of sp³-hybridized carbons (Fsp3) is 0.231. The van der Waals surface area contributed by atoms with Gasteiger partial charge in [0.15, 0.2) is 0 Å². The van der Waals surface area contributed by atoms with Gasteiger partial charge in [-0.25, -0.2) is 8.78 Å². The summed E-state index contributed by atoms with van der Waals surface area (Å²) in [7, 11) is 0. The zero-order valence-electron chi connectivity index (χ0n) is 10.0. The normalized spacial score (nSPS) is 11.3. The lowest BCUT2D eigenvalue weighted by Crippen LogP contribution is -2.35. The van der Waals surface area contributed by atoms with Crippen molar-refractivity contribution in [3.05, 3.63) is 36.0 Å². The van der Waals surface area contributed by atoms with Gasteiger partial charge in [0.1, 0.15) is 6.07 Å². The van der Waals surface area contributed by atoms with Crippen LogP contribution in [0.5, 0.6) is 0 Å². The first-order valence-corrected chi connectivity index (χ1v) is 5.67. The molecule has 0 bridgehead atoms. The lowest BCUT2D eigenvalue weighted by atomic mass is 10.1. The van der Waals surface area contributed by atoms with E-state index >= 15 is 0 Å². The SMILES string of the molecule is N#Cc1cnc2ccccc2c1NCC(F)(F)CN. The molecule has 0 spiro atoms. The van der Waals surface area contributed by atoms with E-state index in [0.29, 0.717) is 16.6 Å². The van der Waals surface area contributed by atoms with Gasteiger partial charge in [-0.3, -0.25) is 4.98 Å². The number of nitriles is 1. The number of fused-ring (bicyclic) bond motifs is 1. The van der Waals surface area contributed by atoms with Crippen LogP contribution in [0, 0.1) is 11.3 Å². The van der Waals surface area contributed by atoms with E-state index in [1.807, 2.05) is 6.07 Å². The zero-order valence-corrected chi connectivity index (χ0v) is 10.0. The first-order chi connectivity index (χ1) is 9.07. The van der Waals surface area contributed by atoms with Crippen LogP contribution in [0.25, 0.3) is 10.9 Å². The summed E-state index contributed by atoms with van der Waals surface area (Å²) in [5.41, 5.74) is 6.22. The van der Waals surface area contributed by atoms with E-state index in [2.05, 4.69) is 10.3 Å². The van der Waals surface area contributed by atoms with Crippen LogP contribution >= 0.6 is 0 Å². The van der Waals surface area contributed by atoms with Crippen molar-refractivity contribution in [2.24, 2.45) is 5.73 Å². The Kier molecular flexibility index (Phi) is 3.58. The maximum absolute atomic E-state index is 13.2.